The molecule has 0 bridgehead atoms. The molecule has 154 valence electrons. The van der Waals surface area contributed by atoms with Crippen LogP contribution < -0.4 is 9.47 Å². The third-order valence-corrected chi connectivity index (χ3v) is 5.42. The Morgan fingerprint density at radius 2 is 1.45 bits per heavy atom. The number of carbonyl (C=O) groups excluding carboxylic acids is 2. The lowest BCUT2D eigenvalue weighted by molar-refractivity contribution is 0.0535. The fourth-order valence-electron chi connectivity index (χ4n) is 3.40. The van der Waals surface area contributed by atoms with E-state index in [9.17, 15) is 9.59 Å². The molecule has 2 amide bonds. The molecule has 0 spiro atoms. The largest absolute Gasteiger partial charge is 0.493 e. The summed E-state index contributed by atoms with van der Waals surface area (Å²) < 4.78 is 10.5. The standard InChI is InChI=1S/C22H25ClN2O4/c1-4-15-5-7-16(8-6-15)21(26)24-9-11-25(12-10-24)22(27)17-13-18(23)20(29-3)19(14-17)28-2/h5-8,13-14H,4,9-12H2,1-3H3. The minimum absolute atomic E-state index is 0.00564. The molecular weight excluding hydrogens is 392 g/mol. The molecule has 0 aromatic heterocycles. The number of benzene rings is 2. The van der Waals surface area contributed by atoms with Crippen molar-refractivity contribution in [3.8, 4) is 11.5 Å². The minimum Gasteiger partial charge on any atom is -0.493 e. The van der Waals surface area contributed by atoms with Gasteiger partial charge in [-0.3, -0.25) is 9.59 Å². The molecule has 1 saturated heterocycles. The average molecular weight is 417 g/mol. The highest BCUT2D eigenvalue weighted by Gasteiger charge is 2.26. The maximum Gasteiger partial charge on any atom is 0.254 e. The number of aryl methyl sites for hydroxylation is 1. The van der Waals surface area contributed by atoms with Crippen LogP contribution in [-0.2, 0) is 6.42 Å². The Hall–Kier alpha value is -2.73. The van der Waals surface area contributed by atoms with E-state index in [-0.39, 0.29) is 11.8 Å². The second-order valence-corrected chi connectivity index (χ2v) is 7.24. The summed E-state index contributed by atoms with van der Waals surface area (Å²) in [7, 11) is 3.00. The number of ether oxygens (including phenoxy) is 2. The number of rotatable bonds is 5. The molecule has 1 heterocycles. The van der Waals surface area contributed by atoms with Crippen molar-refractivity contribution in [2.24, 2.45) is 0 Å². The molecule has 0 radical (unpaired) electrons. The number of nitrogens with zero attached hydrogens (tertiary/aromatic N) is 2. The predicted octanol–water partition coefficient (Wildman–Crippen LogP) is 3.52. The fraction of sp³-hybridized carbons (Fsp3) is 0.364. The first-order valence-electron chi connectivity index (χ1n) is 9.57. The first-order chi connectivity index (χ1) is 14.0. The molecule has 29 heavy (non-hydrogen) atoms. The highest BCUT2D eigenvalue weighted by molar-refractivity contribution is 6.32. The molecule has 0 atom stereocenters. The molecule has 0 aliphatic carbocycles. The van der Waals surface area contributed by atoms with Crippen molar-refractivity contribution in [2.75, 3.05) is 40.4 Å². The van der Waals surface area contributed by atoms with E-state index in [0.29, 0.717) is 53.8 Å². The van der Waals surface area contributed by atoms with E-state index in [2.05, 4.69) is 6.92 Å². The van der Waals surface area contributed by atoms with Gasteiger partial charge in [-0.2, -0.15) is 0 Å². The summed E-state index contributed by atoms with van der Waals surface area (Å²) in [6.07, 6.45) is 0.940. The van der Waals surface area contributed by atoms with Crippen LogP contribution in [0.2, 0.25) is 5.02 Å². The van der Waals surface area contributed by atoms with E-state index in [1.54, 1.807) is 21.9 Å². The van der Waals surface area contributed by atoms with E-state index >= 15 is 0 Å². The fourth-order valence-corrected chi connectivity index (χ4v) is 3.69. The highest BCUT2D eigenvalue weighted by Crippen LogP contribution is 2.36. The van der Waals surface area contributed by atoms with Gasteiger partial charge in [0, 0.05) is 37.3 Å². The number of piperazine rings is 1. The molecular formula is C22H25ClN2O4. The Morgan fingerprint density at radius 3 is 1.93 bits per heavy atom. The van der Waals surface area contributed by atoms with E-state index in [0.717, 1.165) is 6.42 Å². The summed E-state index contributed by atoms with van der Waals surface area (Å²) in [5, 5.41) is 0.319. The number of halogens is 1. The Balaban J connectivity index is 1.66. The molecule has 2 aromatic rings. The monoisotopic (exact) mass is 416 g/mol. The predicted molar refractivity (Wildman–Crippen MR) is 112 cm³/mol. The van der Waals surface area contributed by atoms with Gasteiger partial charge < -0.3 is 19.3 Å². The average Bonchev–Trinajstić information content (AvgIpc) is 2.77. The molecule has 0 unspecified atom stereocenters. The van der Waals surface area contributed by atoms with Gasteiger partial charge in [-0.05, 0) is 36.2 Å². The zero-order valence-electron chi connectivity index (χ0n) is 16.9. The Morgan fingerprint density at radius 1 is 0.897 bits per heavy atom. The first kappa shape index (κ1) is 21.0. The maximum absolute atomic E-state index is 12.9. The second kappa shape index (κ2) is 9.18. The zero-order valence-corrected chi connectivity index (χ0v) is 17.7. The van der Waals surface area contributed by atoms with Crippen LogP contribution in [0.4, 0.5) is 0 Å². The van der Waals surface area contributed by atoms with Gasteiger partial charge in [0.1, 0.15) is 0 Å². The van der Waals surface area contributed by atoms with Crippen molar-refractivity contribution in [1.82, 2.24) is 9.80 Å². The van der Waals surface area contributed by atoms with Crippen LogP contribution in [0.5, 0.6) is 11.5 Å². The van der Waals surface area contributed by atoms with Crippen molar-refractivity contribution >= 4 is 23.4 Å². The molecule has 0 N–H and O–H groups in total. The molecule has 1 fully saturated rings. The van der Waals surface area contributed by atoms with Gasteiger partial charge in [0.25, 0.3) is 11.8 Å². The first-order valence-corrected chi connectivity index (χ1v) is 9.95. The summed E-state index contributed by atoms with van der Waals surface area (Å²) in [6.45, 7) is 3.98. The molecule has 7 heteroatoms. The quantitative estimate of drug-likeness (QED) is 0.748. The van der Waals surface area contributed by atoms with Crippen LogP contribution in [0.15, 0.2) is 36.4 Å². The summed E-state index contributed by atoms with van der Waals surface area (Å²) in [6, 6.07) is 10.9. The van der Waals surface area contributed by atoms with E-state index in [4.69, 9.17) is 21.1 Å². The molecule has 1 aliphatic heterocycles. The Bertz CT molecular complexity index is 890. The van der Waals surface area contributed by atoms with Gasteiger partial charge in [-0.25, -0.2) is 0 Å². The van der Waals surface area contributed by atoms with Gasteiger partial charge in [0.15, 0.2) is 11.5 Å². The Kier molecular flexibility index (Phi) is 6.64. The molecule has 1 aliphatic rings. The van der Waals surface area contributed by atoms with Crippen LogP contribution >= 0.6 is 11.6 Å². The highest BCUT2D eigenvalue weighted by atomic mass is 35.5. The lowest BCUT2D eigenvalue weighted by Gasteiger charge is -2.35. The smallest absolute Gasteiger partial charge is 0.254 e. The molecule has 0 saturated carbocycles. The van der Waals surface area contributed by atoms with Crippen LogP contribution in [0.1, 0.15) is 33.2 Å². The SMILES string of the molecule is CCc1ccc(C(=O)N2CCN(C(=O)c3cc(Cl)c(OC)c(OC)c3)CC2)cc1. The summed E-state index contributed by atoms with van der Waals surface area (Å²) >= 11 is 6.22. The summed E-state index contributed by atoms with van der Waals surface area (Å²) in [4.78, 5) is 29.1. The van der Waals surface area contributed by atoms with Crippen molar-refractivity contribution < 1.29 is 19.1 Å². The summed E-state index contributed by atoms with van der Waals surface area (Å²) in [5.74, 6) is 0.657. The van der Waals surface area contributed by atoms with Crippen LogP contribution in [-0.4, -0.2) is 62.0 Å². The van der Waals surface area contributed by atoms with Crippen molar-refractivity contribution in [1.29, 1.82) is 0 Å². The number of hydrogen-bond donors (Lipinski definition) is 0. The number of hydrogen-bond acceptors (Lipinski definition) is 4. The van der Waals surface area contributed by atoms with Gasteiger partial charge >= 0.3 is 0 Å². The third-order valence-electron chi connectivity index (χ3n) is 5.14. The lowest BCUT2D eigenvalue weighted by atomic mass is 10.1. The summed E-state index contributed by atoms with van der Waals surface area (Å²) in [5.41, 5.74) is 2.31. The topological polar surface area (TPSA) is 59.1 Å². The van der Waals surface area contributed by atoms with Gasteiger partial charge in [0.05, 0.1) is 19.2 Å². The molecule has 6 nitrogen and oxygen atoms in total. The van der Waals surface area contributed by atoms with Crippen LogP contribution in [0.3, 0.4) is 0 Å². The maximum atomic E-state index is 12.9. The van der Waals surface area contributed by atoms with Gasteiger partial charge in [0.2, 0.25) is 0 Å². The lowest BCUT2D eigenvalue weighted by Crippen LogP contribution is -2.50. The Labute approximate surface area is 176 Å². The van der Waals surface area contributed by atoms with Gasteiger partial charge in [-0.1, -0.05) is 30.7 Å². The number of amides is 2. The molecule has 2 aromatic carbocycles. The minimum atomic E-state index is -0.146. The third kappa shape index (κ3) is 4.48. The second-order valence-electron chi connectivity index (χ2n) is 6.83. The normalized spacial score (nSPS) is 13.9. The van der Waals surface area contributed by atoms with Crippen LogP contribution in [0, 0.1) is 0 Å². The van der Waals surface area contributed by atoms with Crippen molar-refractivity contribution in [3.63, 3.8) is 0 Å². The molecule has 3 rings (SSSR count). The van der Waals surface area contributed by atoms with E-state index in [1.165, 1.54) is 19.8 Å². The van der Waals surface area contributed by atoms with Crippen LogP contribution in [0.25, 0.3) is 0 Å². The zero-order chi connectivity index (χ0) is 21.0. The number of methoxy groups -OCH3 is 2. The van der Waals surface area contributed by atoms with Gasteiger partial charge in [-0.15, -0.1) is 0 Å². The number of carbonyl (C=O) groups is 2. The van der Waals surface area contributed by atoms with E-state index < -0.39 is 0 Å². The van der Waals surface area contributed by atoms with Crippen molar-refractivity contribution in [3.05, 3.63) is 58.1 Å². The van der Waals surface area contributed by atoms with Crippen molar-refractivity contribution in [2.45, 2.75) is 13.3 Å². The van der Waals surface area contributed by atoms with E-state index in [1.807, 2.05) is 24.3 Å².